The number of nitrogens with one attached hydrogen (secondary N) is 3. The highest BCUT2D eigenvalue weighted by Crippen LogP contribution is 2.02. The van der Waals surface area contributed by atoms with Crippen LogP contribution in [0.4, 0.5) is 0 Å². The third kappa shape index (κ3) is 13.8. The van der Waals surface area contributed by atoms with Gasteiger partial charge in [0, 0.05) is 18.3 Å². The third-order valence-corrected chi connectivity index (χ3v) is 4.30. The van der Waals surface area contributed by atoms with Crippen molar-refractivity contribution in [3.63, 3.8) is 0 Å². The van der Waals surface area contributed by atoms with Crippen LogP contribution in [0.1, 0.15) is 32.6 Å². The van der Waals surface area contributed by atoms with Gasteiger partial charge in [-0.2, -0.15) is 11.8 Å². The summed E-state index contributed by atoms with van der Waals surface area (Å²) in [6, 6.07) is 0.0782. The molecule has 22 heavy (non-hydrogen) atoms. The Morgan fingerprint density at radius 2 is 1.64 bits per heavy atom. The van der Waals surface area contributed by atoms with Gasteiger partial charge in [0.25, 0.3) is 0 Å². The van der Waals surface area contributed by atoms with Gasteiger partial charge in [0.05, 0.1) is 0 Å². The highest BCUT2D eigenvalue weighted by molar-refractivity contribution is 7.99. The Labute approximate surface area is 140 Å². The number of thioether (sulfide) groups is 1. The highest BCUT2D eigenvalue weighted by Gasteiger charge is 2.17. The fourth-order valence-corrected chi connectivity index (χ4v) is 2.68. The van der Waals surface area contributed by atoms with E-state index < -0.39 is 6.23 Å². The van der Waals surface area contributed by atoms with Crippen molar-refractivity contribution in [1.82, 2.24) is 16.0 Å². The minimum absolute atomic E-state index is 0.0782. The van der Waals surface area contributed by atoms with E-state index in [1.54, 1.807) is 0 Å². The molecule has 0 aliphatic rings. The highest BCUT2D eigenvalue weighted by atomic mass is 32.2. The molecule has 0 saturated heterocycles. The van der Waals surface area contributed by atoms with Crippen molar-refractivity contribution < 1.29 is 5.11 Å². The van der Waals surface area contributed by atoms with Crippen LogP contribution in [-0.2, 0) is 0 Å². The van der Waals surface area contributed by atoms with Crippen LogP contribution in [0.5, 0.6) is 0 Å². The summed E-state index contributed by atoms with van der Waals surface area (Å²) < 4.78 is 0. The Morgan fingerprint density at radius 1 is 0.955 bits per heavy atom. The lowest BCUT2D eigenvalue weighted by Crippen LogP contribution is -2.49. The van der Waals surface area contributed by atoms with Crippen LogP contribution >= 0.6 is 11.8 Å². The molecule has 0 aromatic heterocycles. The molecule has 0 aromatic carbocycles. The van der Waals surface area contributed by atoms with Crippen molar-refractivity contribution in [1.29, 1.82) is 0 Å². The minimum atomic E-state index is -0.501. The number of hydrogen-bond donors (Lipinski definition) is 6. The molecular weight excluding hydrogens is 298 g/mol. The molecule has 0 rings (SSSR count). The maximum absolute atomic E-state index is 10.3. The number of hydrogen-bond acceptors (Lipinski definition) is 7. The molecule has 6 nitrogen and oxygen atoms in total. The van der Waals surface area contributed by atoms with E-state index in [0.717, 1.165) is 69.9 Å². The first-order chi connectivity index (χ1) is 10.8. The number of nitrogens with two attached hydrogens (primary N) is 2. The van der Waals surface area contributed by atoms with Crippen LogP contribution in [-0.4, -0.2) is 68.2 Å². The first-order valence-electron chi connectivity index (χ1n) is 8.59. The van der Waals surface area contributed by atoms with Gasteiger partial charge in [-0.1, -0.05) is 6.92 Å². The standard InChI is InChI=1S/C15H37N5OS/c1-2-22-13-12-20-15(21)14(19-11-5-8-17)6-3-9-18-10-4-7-16/h14-15,18-21H,2-13,16-17H2,1H3. The summed E-state index contributed by atoms with van der Waals surface area (Å²) in [5, 5.41) is 20.3. The molecular formula is C15H37N5OS. The Morgan fingerprint density at radius 3 is 2.32 bits per heavy atom. The Bertz CT molecular complexity index is 224. The van der Waals surface area contributed by atoms with Crippen molar-refractivity contribution in [2.24, 2.45) is 11.5 Å². The van der Waals surface area contributed by atoms with Gasteiger partial charge in [0.1, 0.15) is 6.23 Å². The maximum atomic E-state index is 10.3. The average Bonchev–Trinajstić information content (AvgIpc) is 2.53. The van der Waals surface area contributed by atoms with Gasteiger partial charge in [-0.3, -0.25) is 5.32 Å². The van der Waals surface area contributed by atoms with Crippen molar-refractivity contribution in [2.75, 3.05) is 50.8 Å². The first kappa shape index (κ1) is 22.1. The molecule has 0 fully saturated rings. The normalized spacial score (nSPS) is 14.2. The monoisotopic (exact) mass is 335 g/mol. The number of aliphatic hydroxyl groups is 1. The SMILES string of the molecule is CCSCCNC(O)C(CCCNCCCN)NCCCN. The quantitative estimate of drug-likeness (QED) is 0.160. The molecule has 0 aromatic rings. The van der Waals surface area contributed by atoms with Crippen LogP contribution in [0.3, 0.4) is 0 Å². The topological polar surface area (TPSA) is 108 Å². The predicted octanol–water partition coefficient (Wildman–Crippen LogP) is -0.327. The molecule has 0 spiro atoms. The molecule has 0 bridgehead atoms. The van der Waals surface area contributed by atoms with Gasteiger partial charge in [-0.25, -0.2) is 0 Å². The summed E-state index contributed by atoms with van der Waals surface area (Å²) in [6.07, 6.45) is 3.42. The zero-order valence-electron chi connectivity index (χ0n) is 14.2. The van der Waals surface area contributed by atoms with E-state index in [4.69, 9.17) is 11.5 Å². The van der Waals surface area contributed by atoms with Gasteiger partial charge in [-0.05, 0) is 64.2 Å². The molecule has 134 valence electrons. The Kier molecular flexibility index (Phi) is 17.6. The minimum Gasteiger partial charge on any atom is -0.377 e. The number of aliphatic hydroxyl groups excluding tert-OH is 1. The van der Waals surface area contributed by atoms with E-state index in [9.17, 15) is 5.11 Å². The van der Waals surface area contributed by atoms with E-state index in [-0.39, 0.29) is 6.04 Å². The van der Waals surface area contributed by atoms with E-state index in [1.165, 1.54) is 0 Å². The second-order valence-electron chi connectivity index (χ2n) is 5.33. The zero-order valence-corrected chi connectivity index (χ0v) is 15.0. The van der Waals surface area contributed by atoms with E-state index in [1.807, 2.05) is 11.8 Å². The third-order valence-electron chi connectivity index (χ3n) is 3.40. The summed E-state index contributed by atoms with van der Waals surface area (Å²) in [7, 11) is 0. The maximum Gasteiger partial charge on any atom is 0.120 e. The molecule has 0 saturated carbocycles. The van der Waals surface area contributed by atoms with Crippen molar-refractivity contribution in [2.45, 2.75) is 44.9 Å². The molecule has 0 amide bonds. The van der Waals surface area contributed by atoms with Crippen LogP contribution in [0.25, 0.3) is 0 Å². The molecule has 2 atom stereocenters. The second-order valence-corrected chi connectivity index (χ2v) is 6.73. The first-order valence-corrected chi connectivity index (χ1v) is 9.75. The lowest BCUT2D eigenvalue weighted by molar-refractivity contribution is 0.0910. The van der Waals surface area contributed by atoms with Crippen LogP contribution < -0.4 is 27.4 Å². The van der Waals surface area contributed by atoms with Gasteiger partial charge in [0.2, 0.25) is 0 Å². The summed E-state index contributed by atoms with van der Waals surface area (Å²) in [5.74, 6) is 2.15. The fraction of sp³-hybridized carbons (Fsp3) is 1.00. The predicted molar refractivity (Wildman–Crippen MR) is 98.2 cm³/mol. The summed E-state index contributed by atoms with van der Waals surface area (Å²) >= 11 is 1.88. The van der Waals surface area contributed by atoms with Crippen molar-refractivity contribution in [3.05, 3.63) is 0 Å². The van der Waals surface area contributed by atoms with Gasteiger partial charge >= 0.3 is 0 Å². The molecule has 0 heterocycles. The largest absolute Gasteiger partial charge is 0.377 e. The molecule has 0 radical (unpaired) electrons. The molecule has 7 heteroatoms. The fourth-order valence-electron chi connectivity index (χ4n) is 2.13. The van der Waals surface area contributed by atoms with Gasteiger partial charge in [-0.15, -0.1) is 0 Å². The van der Waals surface area contributed by atoms with E-state index in [0.29, 0.717) is 6.54 Å². The van der Waals surface area contributed by atoms with Crippen molar-refractivity contribution in [3.8, 4) is 0 Å². The Hall–Kier alpha value is 0.110. The smallest absolute Gasteiger partial charge is 0.120 e. The molecule has 2 unspecified atom stereocenters. The lowest BCUT2D eigenvalue weighted by atomic mass is 10.1. The lowest BCUT2D eigenvalue weighted by Gasteiger charge is -2.25. The van der Waals surface area contributed by atoms with Gasteiger partial charge < -0.3 is 27.2 Å². The summed E-state index contributed by atoms with van der Waals surface area (Å²) in [4.78, 5) is 0. The average molecular weight is 336 g/mol. The van der Waals surface area contributed by atoms with Crippen molar-refractivity contribution >= 4 is 11.8 Å². The van der Waals surface area contributed by atoms with E-state index >= 15 is 0 Å². The molecule has 0 aliphatic carbocycles. The van der Waals surface area contributed by atoms with Crippen LogP contribution in [0.2, 0.25) is 0 Å². The summed E-state index contributed by atoms with van der Waals surface area (Å²) in [5.41, 5.74) is 11.0. The van der Waals surface area contributed by atoms with Gasteiger partial charge in [0.15, 0.2) is 0 Å². The molecule has 0 aliphatic heterocycles. The van der Waals surface area contributed by atoms with Crippen LogP contribution in [0.15, 0.2) is 0 Å². The molecule has 8 N–H and O–H groups in total. The Balaban J connectivity index is 3.90. The second kappa shape index (κ2) is 17.5. The number of rotatable bonds is 17. The van der Waals surface area contributed by atoms with E-state index in [2.05, 4.69) is 22.9 Å². The van der Waals surface area contributed by atoms with Crippen LogP contribution in [0, 0.1) is 0 Å². The summed E-state index contributed by atoms with van der Waals surface area (Å²) in [6.45, 7) is 7.18. The zero-order chi connectivity index (χ0) is 16.5.